The van der Waals surface area contributed by atoms with Gasteiger partial charge in [-0.2, -0.15) is 0 Å². The minimum Gasteiger partial charge on any atom is -0.321 e. The van der Waals surface area contributed by atoms with Crippen LogP contribution < -0.4 is 10.6 Å². The molecule has 4 rings (SSSR count). The fourth-order valence-electron chi connectivity index (χ4n) is 3.92. The molecule has 16 nitrogen and oxygen atoms in total. The lowest BCUT2D eigenvalue weighted by Gasteiger charge is -2.15. The lowest BCUT2D eigenvalue weighted by Crippen LogP contribution is -2.15. The lowest BCUT2D eigenvalue weighted by molar-refractivity contribution is -0.394. The number of amides is 2. The number of nitrogens with zero attached hydrogens (tertiary/aromatic N) is 4. The zero-order valence-corrected chi connectivity index (χ0v) is 21.0. The number of para-hydroxylation sites is 2. The molecule has 4 aromatic carbocycles. The molecule has 0 atom stereocenters. The van der Waals surface area contributed by atoms with Crippen molar-refractivity contribution in [3.05, 3.63) is 137 Å². The van der Waals surface area contributed by atoms with E-state index in [0.717, 1.165) is 36.4 Å². The molecule has 0 aliphatic carbocycles. The number of nitro groups is 4. The molecule has 0 unspecified atom stereocenters. The van der Waals surface area contributed by atoms with Crippen molar-refractivity contribution in [3.63, 3.8) is 0 Å². The van der Waals surface area contributed by atoms with Crippen LogP contribution in [0.2, 0.25) is 0 Å². The fraction of sp³-hybridized carbons (Fsp3) is 0. The summed E-state index contributed by atoms with van der Waals surface area (Å²) >= 11 is 0. The van der Waals surface area contributed by atoms with E-state index in [1.807, 2.05) is 0 Å². The molecule has 0 saturated heterocycles. The Morgan fingerprint density at radius 2 is 0.762 bits per heavy atom. The summed E-state index contributed by atoms with van der Waals surface area (Å²) in [5.41, 5.74) is -2.27. The first kappa shape index (κ1) is 28.4. The van der Waals surface area contributed by atoms with Gasteiger partial charge in [-0.25, -0.2) is 0 Å². The highest BCUT2D eigenvalue weighted by Gasteiger charge is 2.23. The second-order valence-electron chi connectivity index (χ2n) is 8.50. The van der Waals surface area contributed by atoms with Crippen LogP contribution in [0.5, 0.6) is 0 Å². The smallest absolute Gasteiger partial charge is 0.277 e. The second kappa shape index (κ2) is 11.7. The van der Waals surface area contributed by atoms with Crippen LogP contribution in [0, 0.1) is 40.5 Å². The molecule has 0 saturated carbocycles. The highest BCUT2D eigenvalue weighted by molar-refractivity contribution is 6.10. The van der Waals surface area contributed by atoms with Crippen molar-refractivity contribution >= 4 is 45.9 Å². The Kier molecular flexibility index (Phi) is 7.89. The number of rotatable bonds is 9. The zero-order chi connectivity index (χ0) is 30.6. The quantitative estimate of drug-likeness (QED) is 0.189. The van der Waals surface area contributed by atoms with E-state index in [0.29, 0.717) is 11.1 Å². The van der Waals surface area contributed by atoms with E-state index in [9.17, 15) is 50.0 Å². The van der Waals surface area contributed by atoms with Crippen LogP contribution >= 0.6 is 0 Å². The number of nitro benzene ring substituents is 4. The highest BCUT2D eigenvalue weighted by Crippen LogP contribution is 2.35. The summed E-state index contributed by atoms with van der Waals surface area (Å²) in [4.78, 5) is 67.5. The Balaban J connectivity index is 1.69. The molecule has 0 aliphatic rings. The van der Waals surface area contributed by atoms with Crippen molar-refractivity contribution in [2.24, 2.45) is 0 Å². The number of hydrogen-bond acceptors (Lipinski definition) is 10. The van der Waals surface area contributed by atoms with Gasteiger partial charge in [0.15, 0.2) is 0 Å². The standard InChI is InChI=1S/C26H16N6O10/c33-25(15-9-17(29(35)36)13-18(10-15)30(37)38)27-23-7-3-1-5-21(23)22-6-2-4-8-24(22)28-26(34)16-11-19(31(39)40)14-20(12-16)32(41)42/h1-14H,(H,27,33)(H,28,34). The number of benzene rings is 4. The summed E-state index contributed by atoms with van der Waals surface area (Å²) in [7, 11) is 0. The minimum absolute atomic E-state index is 0.171. The van der Waals surface area contributed by atoms with Crippen LogP contribution in [-0.2, 0) is 0 Å². The van der Waals surface area contributed by atoms with Gasteiger partial charge < -0.3 is 10.6 Å². The maximum Gasteiger partial charge on any atom is 0.277 e. The average Bonchev–Trinajstić information content (AvgIpc) is 2.97. The third-order valence-electron chi connectivity index (χ3n) is 5.81. The topological polar surface area (TPSA) is 231 Å². The Bertz CT molecular complexity index is 1610. The lowest BCUT2D eigenvalue weighted by atomic mass is 10.0. The molecule has 2 N–H and O–H groups in total. The van der Waals surface area contributed by atoms with Gasteiger partial charge in [0.2, 0.25) is 0 Å². The molecule has 2 amide bonds. The largest absolute Gasteiger partial charge is 0.321 e. The first-order valence-corrected chi connectivity index (χ1v) is 11.6. The van der Waals surface area contributed by atoms with Gasteiger partial charge in [0.1, 0.15) is 0 Å². The average molecular weight is 572 g/mol. The normalized spacial score (nSPS) is 10.4. The van der Waals surface area contributed by atoms with Crippen molar-refractivity contribution in [1.29, 1.82) is 0 Å². The molecule has 0 bridgehead atoms. The molecule has 210 valence electrons. The van der Waals surface area contributed by atoms with Crippen molar-refractivity contribution in [2.45, 2.75) is 0 Å². The number of carbonyl (C=O) groups is 2. The van der Waals surface area contributed by atoms with Crippen molar-refractivity contribution in [2.75, 3.05) is 10.6 Å². The molecular formula is C26H16N6O10. The summed E-state index contributed by atoms with van der Waals surface area (Å²) in [6, 6.07) is 17.5. The van der Waals surface area contributed by atoms with Crippen LogP contribution in [0.4, 0.5) is 34.1 Å². The number of anilines is 2. The maximum absolute atomic E-state index is 13.0. The number of carbonyl (C=O) groups excluding carboxylic acids is 2. The molecule has 0 heterocycles. The van der Waals surface area contributed by atoms with E-state index in [-0.39, 0.29) is 22.5 Å². The first-order valence-electron chi connectivity index (χ1n) is 11.6. The van der Waals surface area contributed by atoms with Crippen LogP contribution in [0.3, 0.4) is 0 Å². The monoisotopic (exact) mass is 572 g/mol. The molecule has 0 spiro atoms. The van der Waals surface area contributed by atoms with Gasteiger partial charge in [0.05, 0.1) is 43.0 Å². The van der Waals surface area contributed by atoms with E-state index >= 15 is 0 Å². The van der Waals surface area contributed by atoms with E-state index in [2.05, 4.69) is 10.6 Å². The summed E-state index contributed by atoms with van der Waals surface area (Å²) < 4.78 is 0. The summed E-state index contributed by atoms with van der Waals surface area (Å²) in [5.74, 6) is -1.78. The van der Waals surface area contributed by atoms with Crippen LogP contribution in [0.25, 0.3) is 11.1 Å². The maximum atomic E-state index is 13.0. The van der Waals surface area contributed by atoms with Gasteiger partial charge in [-0.15, -0.1) is 0 Å². The minimum atomic E-state index is -0.889. The van der Waals surface area contributed by atoms with Crippen molar-refractivity contribution in [3.8, 4) is 11.1 Å². The van der Waals surface area contributed by atoms with Crippen molar-refractivity contribution < 1.29 is 29.3 Å². The van der Waals surface area contributed by atoms with E-state index in [1.54, 1.807) is 36.4 Å². The highest BCUT2D eigenvalue weighted by atomic mass is 16.6. The van der Waals surface area contributed by atoms with Crippen LogP contribution in [0.1, 0.15) is 20.7 Å². The second-order valence-corrected chi connectivity index (χ2v) is 8.50. The number of hydrogen-bond donors (Lipinski definition) is 2. The zero-order valence-electron chi connectivity index (χ0n) is 21.0. The Morgan fingerprint density at radius 3 is 1.05 bits per heavy atom. The molecule has 16 heteroatoms. The molecule has 42 heavy (non-hydrogen) atoms. The summed E-state index contributed by atoms with van der Waals surface area (Å²) in [5, 5.41) is 50.0. The Labute approximate surface area is 233 Å². The summed E-state index contributed by atoms with van der Waals surface area (Å²) in [6.45, 7) is 0. The summed E-state index contributed by atoms with van der Waals surface area (Å²) in [6.07, 6.45) is 0. The van der Waals surface area contributed by atoms with Crippen LogP contribution in [0.15, 0.2) is 84.9 Å². The van der Waals surface area contributed by atoms with Gasteiger partial charge in [-0.1, -0.05) is 36.4 Å². The molecule has 0 radical (unpaired) electrons. The van der Waals surface area contributed by atoms with Crippen molar-refractivity contribution in [1.82, 2.24) is 0 Å². The third-order valence-corrected chi connectivity index (χ3v) is 5.81. The van der Waals surface area contributed by atoms with E-state index in [4.69, 9.17) is 0 Å². The first-order chi connectivity index (χ1) is 19.9. The fourth-order valence-corrected chi connectivity index (χ4v) is 3.92. The Morgan fingerprint density at radius 1 is 0.476 bits per heavy atom. The molecule has 0 aliphatic heterocycles. The molecule has 0 aromatic heterocycles. The van der Waals surface area contributed by atoms with Gasteiger partial charge in [-0.3, -0.25) is 50.0 Å². The third kappa shape index (κ3) is 6.18. The predicted molar refractivity (Wildman–Crippen MR) is 147 cm³/mol. The molecule has 4 aromatic rings. The number of nitrogens with one attached hydrogen (secondary N) is 2. The Hall–Kier alpha value is -6.58. The molecular weight excluding hydrogens is 556 g/mol. The van der Waals surface area contributed by atoms with Gasteiger partial charge >= 0.3 is 0 Å². The SMILES string of the molecule is O=C(Nc1ccccc1-c1ccccc1NC(=O)c1cc([N+](=O)[O-])cc([N+](=O)[O-])c1)c1cc([N+](=O)[O-])cc([N+](=O)[O-])c1. The molecule has 0 fully saturated rings. The van der Waals surface area contributed by atoms with E-state index in [1.165, 1.54) is 12.1 Å². The van der Waals surface area contributed by atoms with Crippen LogP contribution in [-0.4, -0.2) is 31.5 Å². The van der Waals surface area contributed by atoms with E-state index < -0.39 is 54.3 Å². The predicted octanol–water partition coefficient (Wildman–Crippen LogP) is 5.49. The number of non-ortho nitro benzene ring substituents is 4. The van der Waals surface area contributed by atoms with Gasteiger partial charge in [0.25, 0.3) is 34.6 Å². The van der Waals surface area contributed by atoms with Gasteiger partial charge in [-0.05, 0) is 12.1 Å². The van der Waals surface area contributed by atoms with Gasteiger partial charge in [0, 0.05) is 46.8 Å².